The van der Waals surface area contributed by atoms with Crippen LogP contribution in [-0.2, 0) is 22.6 Å². The molecule has 1 unspecified atom stereocenters. The number of hydrogen-bond donors (Lipinski definition) is 1. The first-order chi connectivity index (χ1) is 22.9. The van der Waals surface area contributed by atoms with Crippen molar-refractivity contribution in [3.63, 3.8) is 0 Å². The maximum Gasteiger partial charge on any atom is 0.410 e. The van der Waals surface area contributed by atoms with Crippen molar-refractivity contribution in [3.05, 3.63) is 99.0 Å². The molecule has 1 saturated heterocycles. The number of aromatic nitrogens is 5. The fourth-order valence-electron chi connectivity index (χ4n) is 6.60. The molecule has 1 N–H and O–H groups in total. The summed E-state index contributed by atoms with van der Waals surface area (Å²) >= 11 is 0. The van der Waals surface area contributed by atoms with E-state index in [1.165, 1.54) is 0 Å². The lowest BCUT2D eigenvalue weighted by Gasteiger charge is -2.32. The molecule has 6 rings (SSSR count). The predicted octanol–water partition coefficient (Wildman–Crippen LogP) is 7.21. The number of ether oxygens (including phenoxy) is 2. The van der Waals surface area contributed by atoms with Crippen LogP contribution in [-0.4, -0.2) is 63.5 Å². The molecular weight excluding hydrogens is 621 g/mol. The number of rotatable bonds is 10. The van der Waals surface area contributed by atoms with Gasteiger partial charge in [-0.15, -0.1) is 0 Å². The first-order valence-electron chi connectivity index (χ1n) is 16.9. The Labute approximate surface area is 282 Å². The number of pyridine rings is 1. The molecule has 1 aliphatic heterocycles. The number of nitrogens with one attached hydrogen (secondary N) is 1. The number of likely N-dealkylation sites (tertiary alicyclic amines) is 1. The van der Waals surface area contributed by atoms with Gasteiger partial charge in [0, 0.05) is 62.0 Å². The summed E-state index contributed by atoms with van der Waals surface area (Å²) in [7, 11) is -1.17. The van der Waals surface area contributed by atoms with Crippen molar-refractivity contribution in [2.75, 3.05) is 19.7 Å². The molecule has 11 heteroatoms. The number of fused-ring (bicyclic) bond motifs is 2. The quantitative estimate of drug-likeness (QED) is 0.124. The van der Waals surface area contributed by atoms with Crippen LogP contribution >= 0.6 is 0 Å². The first-order valence-corrected chi connectivity index (χ1v) is 20.6. The average Bonchev–Trinajstić information content (AvgIpc) is 3.45. The number of carbonyl (C=O) groups excluding carboxylic acids is 1. The lowest BCUT2D eigenvalue weighted by molar-refractivity contribution is 0.0518. The van der Waals surface area contributed by atoms with Gasteiger partial charge in [0.1, 0.15) is 6.73 Å². The van der Waals surface area contributed by atoms with Gasteiger partial charge in [-0.1, -0.05) is 43.9 Å². The van der Waals surface area contributed by atoms with Crippen LogP contribution in [0.5, 0.6) is 0 Å². The van der Waals surface area contributed by atoms with E-state index < -0.39 is 20.3 Å². The van der Waals surface area contributed by atoms with Gasteiger partial charge in [0.2, 0.25) is 0 Å². The smallest absolute Gasteiger partial charge is 0.410 e. The molecule has 4 heterocycles. The molecule has 0 aliphatic carbocycles. The third-order valence-electron chi connectivity index (χ3n) is 9.12. The molecule has 1 amide bonds. The van der Waals surface area contributed by atoms with Gasteiger partial charge in [0.25, 0.3) is 5.56 Å². The van der Waals surface area contributed by atoms with Gasteiger partial charge < -0.3 is 19.4 Å². The van der Waals surface area contributed by atoms with Gasteiger partial charge in [-0.2, -0.15) is 5.10 Å². The number of nitrogens with zero attached hydrogens (tertiary/aromatic N) is 5. The zero-order valence-electron chi connectivity index (χ0n) is 28.9. The van der Waals surface area contributed by atoms with Crippen molar-refractivity contribution in [1.29, 1.82) is 0 Å². The van der Waals surface area contributed by atoms with Crippen LogP contribution in [0, 0.1) is 20.8 Å². The number of H-pyrrole nitrogens is 1. The van der Waals surface area contributed by atoms with Gasteiger partial charge in [-0.25, -0.2) is 19.4 Å². The Morgan fingerprint density at radius 2 is 1.73 bits per heavy atom. The second-order valence-electron chi connectivity index (χ2n) is 14.3. The SMILES string of the molecule is Cc1cc(C)nc(C(Cc2cc(C)c3c(cnn3COCC[Si](C)(C)C)c2)OC(=O)N2CCC(c3cc4ccccc4[nH]c3=O)CC2)n1. The third-order valence-corrected chi connectivity index (χ3v) is 10.8. The molecule has 0 spiro atoms. The summed E-state index contributed by atoms with van der Waals surface area (Å²) in [6, 6.07) is 17.0. The van der Waals surface area contributed by atoms with E-state index in [0.717, 1.165) is 62.5 Å². The fourth-order valence-corrected chi connectivity index (χ4v) is 7.36. The molecule has 1 aliphatic rings. The molecular formula is C37H46N6O4Si. The van der Waals surface area contributed by atoms with Crippen LogP contribution in [0.2, 0.25) is 25.7 Å². The summed E-state index contributed by atoms with van der Waals surface area (Å²) < 4.78 is 14.1. The second kappa shape index (κ2) is 14.0. The highest BCUT2D eigenvalue weighted by Crippen LogP contribution is 2.30. The minimum atomic E-state index is -1.17. The number of benzene rings is 2. The Morgan fingerprint density at radius 3 is 2.46 bits per heavy atom. The molecule has 1 fully saturated rings. The molecule has 252 valence electrons. The Balaban J connectivity index is 1.16. The van der Waals surface area contributed by atoms with E-state index in [0.29, 0.717) is 44.9 Å². The lowest BCUT2D eigenvalue weighted by Crippen LogP contribution is -2.40. The van der Waals surface area contributed by atoms with Crippen molar-refractivity contribution < 1.29 is 14.3 Å². The van der Waals surface area contributed by atoms with E-state index >= 15 is 0 Å². The van der Waals surface area contributed by atoms with Crippen molar-refractivity contribution in [3.8, 4) is 0 Å². The van der Waals surface area contributed by atoms with Crippen LogP contribution in [0.3, 0.4) is 0 Å². The Bertz CT molecular complexity index is 1970. The highest BCUT2D eigenvalue weighted by atomic mass is 28.3. The maximum absolute atomic E-state index is 13.7. The Morgan fingerprint density at radius 1 is 1.00 bits per heavy atom. The molecule has 10 nitrogen and oxygen atoms in total. The van der Waals surface area contributed by atoms with Crippen molar-refractivity contribution in [1.82, 2.24) is 29.6 Å². The fraction of sp³-hybridized carbons (Fsp3) is 0.432. The summed E-state index contributed by atoms with van der Waals surface area (Å²) in [6.45, 7) is 15.1. The Hall–Kier alpha value is -4.35. The van der Waals surface area contributed by atoms with Crippen molar-refractivity contribution >= 4 is 36.0 Å². The third kappa shape index (κ3) is 7.85. The maximum atomic E-state index is 13.7. The molecule has 2 aromatic carbocycles. The molecule has 48 heavy (non-hydrogen) atoms. The number of amides is 1. The molecule has 0 saturated carbocycles. The number of aromatic amines is 1. The second-order valence-corrected chi connectivity index (χ2v) is 20.0. The van der Waals surface area contributed by atoms with Gasteiger partial charge in [0.05, 0.1) is 11.7 Å². The molecule has 3 aromatic heterocycles. The minimum absolute atomic E-state index is 0.0610. The summed E-state index contributed by atoms with van der Waals surface area (Å²) in [5.41, 5.74) is 6.31. The number of carbonyl (C=O) groups is 1. The van der Waals surface area contributed by atoms with Crippen LogP contribution < -0.4 is 5.56 Å². The van der Waals surface area contributed by atoms with Crippen LogP contribution in [0.15, 0.2) is 59.5 Å². The van der Waals surface area contributed by atoms with E-state index in [1.807, 2.05) is 61.1 Å². The van der Waals surface area contributed by atoms with Crippen LogP contribution in [0.1, 0.15) is 58.8 Å². The molecule has 0 radical (unpaired) electrons. The van der Waals surface area contributed by atoms with Gasteiger partial charge in [-0.3, -0.25) is 4.79 Å². The van der Waals surface area contributed by atoms with E-state index in [4.69, 9.17) is 9.47 Å². The molecule has 5 aromatic rings. The van der Waals surface area contributed by atoms with E-state index in [9.17, 15) is 9.59 Å². The summed E-state index contributed by atoms with van der Waals surface area (Å²) in [6.07, 6.45) is 2.59. The van der Waals surface area contributed by atoms with Crippen molar-refractivity contribution in [2.24, 2.45) is 0 Å². The zero-order chi connectivity index (χ0) is 34.0. The average molecular weight is 667 g/mol. The number of para-hydroxylation sites is 1. The minimum Gasteiger partial charge on any atom is -0.437 e. The topological polar surface area (TPSA) is 115 Å². The highest BCUT2D eigenvalue weighted by molar-refractivity contribution is 6.76. The lowest BCUT2D eigenvalue weighted by atomic mass is 9.89. The number of hydrogen-bond acceptors (Lipinski definition) is 7. The number of piperidine rings is 1. The molecule has 1 atom stereocenters. The van der Waals surface area contributed by atoms with Gasteiger partial charge in [0.15, 0.2) is 11.9 Å². The predicted molar refractivity (Wildman–Crippen MR) is 191 cm³/mol. The normalized spacial score (nSPS) is 14.9. The summed E-state index contributed by atoms with van der Waals surface area (Å²) in [5, 5.41) is 6.64. The highest BCUT2D eigenvalue weighted by Gasteiger charge is 2.30. The molecule has 0 bridgehead atoms. The standard InChI is InChI=1S/C37H46N6O4Si/c1-24-17-27(19-30-22-38-43(34(24)30)23-46-15-16-48(4,5)6)20-33(35-39-25(2)18-26(3)40-35)47-37(45)42-13-11-28(12-14-42)31-21-29-9-7-8-10-32(29)41-36(31)44/h7-10,17-19,21-22,28,33H,11-16,20,23H2,1-6H3,(H,41,44). The van der Waals surface area contributed by atoms with Gasteiger partial charge in [-0.05, 0) is 86.4 Å². The summed E-state index contributed by atoms with van der Waals surface area (Å²) in [4.78, 5) is 40.7. The monoisotopic (exact) mass is 666 g/mol. The van der Waals surface area contributed by atoms with Crippen LogP contribution in [0.4, 0.5) is 4.79 Å². The van der Waals surface area contributed by atoms with Crippen LogP contribution in [0.25, 0.3) is 21.8 Å². The van der Waals surface area contributed by atoms with Gasteiger partial charge >= 0.3 is 6.09 Å². The van der Waals surface area contributed by atoms with E-state index in [-0.39, 0.29) is 11.5 Å². The van der Waals surface area contributed by atoms with E-state index in [1.54, 1.807) is 4.90 Å². The largest absolute Gasteiger partial charge is 0.437 e. The summed E-state index contributed by atoms with van der Waals surface area (Å²) in [5.74, 6) is 0.560. The Kier molecular flexibility index (Phi) is 9.79. The van der Waals surface area contributed by atoms with Crippen molar-refractivity contribution in [2.45, 2.75) is 84.5 Å². The zero-order valence-corrected chi connectivity index (χ0v) is 29.9. The van der Waals surface area contributed by atoms with E-state index in [2.05, 4.69) is 58.7 Å². The number of aryl methyl sites for hydroxylation is 3. The first kappa shape index (κ1) is 33.5.